The number of nitrogens with one attached hydrogen (secondary N) is 1. The number of halogens is 2. The van der Waals surface area contributed by atoms with Crippen LogP contribution in [0, 0.1) is 11.6 Å². The second-order valence-electron chi connectivity index (χ2n) is 5.88. The standard InChI is InChI=1S/C17H19F2N3O2/c1-17(24,13-5-4-12(18)9-14(13)19)10-21-16(23)11-6-7-20-15(8-11)22(2)3/h4-9,24H,10H2,1-3H3,(H,21,23). The van der Waals surface area contributed by atoms with Gasteiger partial charge in [-0.05, 0) is 25.1 Å². The van der Waals surface area contributed by atoms with Crippen molar-refractivity contribution in [1.82, 2.24) is 10.3 Å². The van der Waals surface area contributed by atoms with Crippen LogP contribution < -0.4 is 10.2 Å². The predicted molar refractivity (Wildman–Crippen MR) is 86.8 cm³/mol. The molecule has 0 spiro atoms. The highest BCUT2D eigenvalue weighted by atomic mass is 19.1. The zero-order valence-electron chi connectivity index (χ0n) is 13.7. The highest BCUT2D eigenvalue weighted by molar-refractivity contribution is 5.94. The van der Waals surface area contributed by atoms with E-state index in [1.807, 2.05) is 0 Å². The number of anilines is 1. The van der Waals surface area contributed by atoms with E-state index < -0.39 is 23.1 Å². The molecule has 128 valence electrons. The molecule has 1 amide bonds. The Labute approximate surface area is 138 Å². The molecule has 0 bridgehead atoms. The van der Waals surface area contributed by atoms with Crippen LogP contribution in [0.5, 0.6) is 0 Å². The quantitative estimate of drug-likeness (QED) is 0.878. The molecule has 24 heavy (non-hydrogen) atoms. The fraction of sp³-hybridized carbons (Fsp3) is 0.294. The summed E-state index contributed by atoms with van der Waals surface area (Å²) in [6.07, 6.45) is 1.50. The number of rotatable bonds is 5. The number of aromatic nitrogens is 1. The van der Waals surface area contributed by atoms with Gasteiger partial charge < -0.3 is 15.3 Å². The van der Waals surface area contributed by atoms with Crippen molar-refractivity contribution < 1.29 is 18.7 Å². The van der Waals surface area contributed by atoms with Gasteiger partial charge in [0.2, 0.25) is 0 Å². The van der Waals surface area contributed by atoms with Crippen molar-refractivity contribution in [2.75, 3.05) is 25.5 Å². The highest BCUT2D eigenvalue weighted by Crippen LogP contribution is 2.23. The lowest BCUT2D eigenvalue weighted by atomic mass is 9.95. The molecule has 1 atom stereocenters. The average molecular weight is 335 g/mol. The molecule has 0 saturated heterocycles. The summed E-state index contributed by atoms with van der Waals surface area (Å²) < 4.78 is 26.8. The van der Waals surface area contributed by atoms with E-state index in [9.17, 15) is 18.7 Å². The summed E-state index contributed by atoms with van der Waals surface area (Å²) in [5, 5.41) is 12.9. The Morgan fingerprint density at radius 1 is 1.29 bits per heavy atom. The Morgan fingerprint density at radius 2 is 2.00 bits per heavy atom. The molecule has 2 N–H and O–H groups in total. The molecule has 0 saturated carbocycles. The van der Waals surface area contributed by atoms with Crippen molar-refractivity contribution in [2.45, 2.75) is 12.5 Å². The van der Waals surface area contributed by atoms with Crippen LogP contribution in [0.4, 0.5) is 14.6 Å². The zero-order valence-corrected chi connectivity index (χ0v) is 13.7. The zero-order chi connectivity index (χ0) is 17.9. The molecule has 0 fully saturated rings. The van der Waals surface area contributed by atoms with Crippen molar-refractivity contribution in [2.24, 2.45) is 0 Å². The van der Waals surface area contributed by atoms with Crippen molar-refractivity contribution in [3.05, 3.63) is 59.3 Å². The Balaban J connectivity index is 2.11. The van der Waals surface area contributed by atoms with Crippen molar-refractivity contribution in [3.8, 4) is 0 Å². The third-order valence-corrected chi connectivity index (χ3v) is 3.57. The third-order valence-electron chi connectivity index (χ3n) is 3.57. The molecule has 1 aromatic heterocycles. The van der Waals surface area contributed by atoms with Gasteiger partial charge in [0.05, 0.1) is 6.54 Å². The number of carbonyl (C=O) groups is 1. The number of hydrogen-bond acceptors (Lipinski definition) is 4. The number of nitrogens with zero attached hydrogens (tertiary/aromatic N) is 2. The number of benzene rings is 1. The first-order chi connectivity index (χ1) is 11.2. The maximum absolute atomic E-state index is 13.8. The van der Waals surface area contributed by atoms with E-state index in [-0.39, 0.29) is 12.1 Å². The maximum Gasteiger partial charge on any atom is 0.251 e. The fourth-order valence-electron chi connectivity index (χ4n) is 2.18. The number of amides is 1. The Morgan fingerprint density at radius 3 is 2.62 bits per heavy atom. The number of hydrogen-bond donors (Lipinski definition) is 2. The summed E-state index contributed by atoms with van der Waals surface area (Å²) in [5.74, 6) is -1.42. The largest absolute Gasteiger partial charge is 0.383 e. The second kappa shape index (κ2) is 6.92. The minimum Gasteiger partial charge on any atom is -0.383 e. The van der Waals surface area contributed by atoms with Gasteiger partial charge in [0, 0.05) is 37.5 Å². The summed E-state index contributed by atoms with van der Waals surface area (Å²) in [7, 11) is 3.60. The molecule has 2 aromatic rings. The molecule has 0 aliphatic heterocycles. The van der Waals surface area contributed by atoms with Crippen LogP contribution in [-0.4, -0.2) is 36.6 Å². The van der Waals surface area contributed by atoms with Crippen LogP contribution in [0.15, 0.2) is 36.5 Å². The molecule has 1 heterocycles. The molecule has 0 aliphatic rings. The van der Waals surface area contributed by atoms with Gasteiger partial charge in [0.15, 0.2) is 0 Å². The fourth-order valence-corrected chi connectivity index (χ4v) is 2.18. The van der Waals surface area contributed by atoms with Gasteiger partial charge in [-0.3, -0.25) is 4.79 Å². The SMILES string of the molecule is CN(C)c1cc(C(=O)NCC(C)(O)c2ccc(F)cc2F)ccn1. The van der Waals surface area contributed by atoms with Gasteiger partial charge in [0.25, 0.3) is 5.91 Å². The lowest BCUT2D eigenvalue weighted by Gasteiger charge is -2.25. The van der Waals surface area contributed by atoms with Crippen molar-refractivity contribution in [1.29, 1.82) is 0 Å². The van der Waals surface area contributed by atoms with Crippen LogP contribution in [0.1, 0.15) is 22.8 Å². The van der Waals surface area contributed by atoms with Crippen molar-refractivity contribution >= 4 is 11.7 Å². The monoisotopic (exact) mass is 335 g/mol. The molecule has 7 heteroatoms. The molecule has 1 aromatic carbocycles. The van der Waals surface area contributed by atoms with E-state index in [4.69, 9.17) is 0 Å². The minimum absolute atomic E-state index is 0.0899. The smallest absolute Gasteiger partial charge is 0.251 e. The summed E-state index contributed by atoms with van der Waals surface area (Å²) in [5.41, 5.74) is -1.40. The molecule has 2 rings (SSSR count). The molecule has 1 unspecified atom stereocenters. The highest BCUT2D eigenvalue weighted by Gasteiger charge is 2.27. The molecule has 0 aliphatic carbocycles. The first-order valence-corrected chi connectivity index (χ1v) is 7.30. The Bertz CT molecular complexity index is 748. The molecular weight excluding hydrogens is 316 g/mol. The molecular formula is C17H19F2N3O2. The van der Waals surface area contributed by atoms with E-state index in [1.54, 1.807) is 25.1 Å². The van der Waals surface area contributed by atoms with Crippen LogP contribution in [0.3, 0.4) is 0 Å². The maximum atomic E-state index is 13.8. The first-order valence-electron chi connectivity index (χ1n) is 7.30. The van der Waals surface area contributed by atoms with E-state index in [2.05, 4.69) is 10.3 Å². The first kappa shape index (κ1) is 17.8. The van der Waals surface area contributed by atoms with E-state index >= 15 is 0 Å². The number of pyridine rings is 1. The Kier molecular flexibility index (Phi) is 5.14. The predicted octanol–water partition coefficient (Wildman–Crippen LogP) is 2.06. The molecule has 5 nitrogen and oxygen atoms in total. The van der Waals surface area contributed by atoms with E-state index in [0.29, 0.717) is 17.4 Å². The van der Waals surface area contributed by atoms with Gasteiger partial charge in [-0.25, -0.2) is 13.8 Å². The van der Waals surface area contributed by atoms with Gasteiger partial charge in [0.1, 0.15) is 23.1 Å². The van der Waals surface area contributed by atoms with Crippen LogP contribution in [-0.2, 0) is 5.60 Å². The van der Waals surface area contributed by atoms with Crippen molar-refractivity contribution in [3.63, 3.8) is 0 Å². The van der Waals surface area contributed by atoms with E-state index in [1.165, 1.54) is 19.2 Å². The van der Waals surface area contributed by atoms with E-state index in [0.717, 1.165) is 12.1 Å². The van der Waals surface area contributed by atoms with Gasteiger partial charge in [-0.1, -0.05) is 6.07 Å². The second-order valence-corrected chi connectivity index (χ2v) is 5.88. The van der Waals surface area contributed by atoms with Gasteiger partial charge in [-0.2, -0.15) is 0 Å². The summed E-state index contributed by atoms with van der Waals surface area (Å²) >= 11 is 0. The minimum atomic E-state index is -1.68. The summed E-state index contributed by atoms with van der Waals surface area (Å²) in [6.45, 7) is 1.12. The molecule has 0 radical (unpaired) electrons. The number of carbonyl (C=O) groups excluding carboxylic acids is 1. The Hall–Kier alpha value is -2.54. The summed E-state index contributed by atoms with van der Waals surface area (Å²) in [6, 6.07) is 6.05. The van der Waals surface area contributed by atoms with Gasteiger partial charge >= 0.3 is 0 Å². The summed E-state index contributed by atoms with van der Waals surface area (Å²) in [4.78, 5) is 18.1. The number of aliphatic hydroxyl groups is 1. The van der Waals surface area contributed by atoms with Gasteiger partial charge in [-0.15, -0.1) is 0 Å². The van der Waals surface area contributed by atoms with Crippen LogP contribution in [0.25, 0.3) is 0 Å². The lowest BCUT2D eigenvalue weighted by molar-refractivity contribution is 0.0494. The third kappa shape index (κ3) is 4.05. The average Bonchev–Trinajstić information content (AvgIpc) is 2.52. The topological polar surface area (TPSA) is 65.5 Å². The normalized spacial score (nSPS) is 13.2. The van der Waals surface area contributed by atoms with Crippen LogP contribution in [0.2, 0.25) is 0 Å². The lowest BCUT2D eigenvalue weighted by Crippen LogP contribution is -2.39. The van der Waals surface area contributed by atoms with Crippen LogP contribution >= 0.6 is 0 Å².